The van der Waals surface area contributed by atoms with E-state index in [-0.39, 0.29) is 5.56 Å². The molecule has 1 saturated heterocycles. The molecule has 4 aromatic rings. The molecule has 2 aromatic heterocycles. The molecule has 3 N–H and O–H groups in total. The van der Waals surface area contributed by atoms with E-state index in [2.05, 4.69) is 67.9 Å². The number of aryl methyl sites for hydroxylation is 1. The number of para-hydroxylation sites is 1. The van der Waals surface area contributed by atoms with Crippen molar-refractivity contribution in [2.24, 2.45) is 0 Å². The van der Waals surface area contributed by atoms with Crippen LogP contribution >= 0.6 is 22.6 Å². The maximum atomic E-state index is 13.0. The number of rotatable bonds is 3. The van der Waals surface area contributed by atoms with Crippen molar-refractivity contribution >= 4 is 50.2 Å². The molecule has 2 aromatic carbocycles. The molecule has 0 radical (unpaired) electrons. The van der Waals surface area contributed by atoms with E-state index in [1.807, 2.05) is 18.2 Å². The summed E-state index contributed by atoms with van der Waals surface area (Å²) < 4.78 is 0.736. The summed E-state index contributed by atoms with van der Waals surface area (Å²) in [6.07, 6.45) is 0. The quantitative estimate of drug-likeness (QED) is 0.297. The number of aromatic nitrogens is 3. The molecular formula is C22H22IN5O. The highest BCUT2D eigenvalue weighted by molar-refractivity contribution is 14.1. The van der Waals surface area contributed by atoms with Crippen molar-refractivity contribution in [3.8, 4) is 11.4 Å². The zero-order valence-electron chi connectivity index (χ0n) is 16.2. The zero-order valence-corrected chi connectivity index (χ0v) is 18.3. The Hall–Kier alpha value is -2.39. The Morgan fingerprint density at radius 2 is 1.90 bits per heavy atom. The van der Waals surface area contributed by atoms with Crippen LogP contribution in [0.2, 0.25) is 0 Å². The standard InChI is InChI=1S/C22H22IN5O/c1-13-10-14(28-8-6-24-7-9-28)11-18-20(13)27-21(25-18)19-16(12-23)15-4-2-3-5-17(15)26-22(19)29/h2-5,10-11,24H,6-9,12H2,1H3,(H,25,27)(H,26,29). The van der Waals surface area contributed by atoms with E-state index in [0.29, 0.717) is 11.4 Å². The van der Waals surface area contributed by atoms with Crippen LogP contribution in [0, 0.1) is 6.92 Å². The Kier molecular flexibility index (Phi) is 4.79. The molecule has 0 bridgehead atoms. The third kappa shape index (κ3) is 3.22. The van der Waals surface area contributed by atoms with Gasteiger partial charge in [0.1, 0.15) is 5.82 Å². The van der Waals surface area contributed by atoms with Crippen molar-refractivity contribution in [3.05, 3.63) is 57.9 Å². The first kappa shape index (κ1) is 18.6. The molecule has 0 atom stereocenters. The van der Waals surface area contributed by atoms with Crippen LogP contribution in [0.1, 0.15) is 11.1 Å². The van der Waals surface area contributed by atoms with E-state index in [1.54, 1.807) is 0 Å². The lowest BCUT2D eigenvalue weighted by molar-refractivity contribution is 0.589. The SMILES string of the molecule is Cc1cc(N2CCNCC2)cc2[nH]c(-c3c(CI)c4ccccc4[nH]c3=O)nc12. The fourth-order valence-corrected chi connectivity index (χ4v) is 4.99. The third-order valence-electron chi connectivity index (χ3n) is 5.64. The summed E-state index contributed by atoms with van der Waals surface area (Å²) in [7, 11) is 0. The number of aromatic amines is 2. The summed E-state index contributed by atoms with van der Waals surface area (Å²) in [5.41, 5.74) is 6.63. The van der Waals surface area contributed by atoms with Gasteiger partial charge in [-0.2, -0.15) is 0 Å². The minimum Gasteiger partial charge on any atom is -0.369 e. The largest absolute Gasteiger partial charge is 0.369 e. The van der Waals surface area contributed by atoms with Gasteiger partial charge in [0, 0.05) is 47.2 Å². The summed E-state index contributed by atoms with van der Waals surface area (Å²) in [6, 6.07) is 12.3. The monoisotopic (exact) mass is 499 g/mol. The van der Waals surface area contributed by atoms with Gasteiger partial charge in [-0.15, -0.1) is 0 Å². The predicted molar refractivity (Wildman–Crippen MR) is 127 cm³/mol. The number of alkyl halides is 1. The molecular weight excluding hydrogens is 477 g/mol. The van der Waals surface area contributed by atoms with Gasteiger partial charge in [0.25, 0.3) is 5.56 Å². The van der Waals surface area contributed by atoms with Crippen molar-refractivity contribution in [3.63, 3.8) is 0 Å². The number of imidazole rings is 1. The van der Waals surface area contributed by atoms with Crippen LogP contribution in [0.5, 0.6) is 0 Å². The molecule has 0 aliphatic carbocycles. The first-order valence-electron chi connectivity index (χ1n) is 9.82. The molecule has 0 saturated carbocycles. The Labute approximate surface area is 181 Å². The van der Waals surface area contributed by atoms with Crippen LogP contribution in [0.25, 0.3) is 33.3 Å². The molecule has 0 spiro atoms. The second-order valence-electron chi connectivity index (χ2n) is 7.47. The molecule has 7 heteroatoms. The first-order chi connectivity index (χ1) is 14.2. The summed E-state index contributed by atoms with van der Waals surface area (Å²) in [5, 5.41) is 4.46. The van der Waals surface area contributed by atoms with Crippen molar-refractivity contribution in [1.29, 1.82) is 0 Å². The van der Waals surface area contributed by atoms with Crippen molar-refractivity contribution in [2.75, 3.05) is 31.1 Å². The first-order valence-corrected chi connectivity index (χ1v) is 11.3. The Bertz CT molecular complexity index is 1270. The number of H-pyrrole nitrogens is 2. The van der Waals surface area contributed by atoms with Gasteiger partial charge in [-0.3, -0.25) is 4.79 Å². The van der Waals surface area contributed by atoms with Crippen LogP contribution in [-0.4, -0.2) is 41.1 Å². The maximum absolute atomic E-state index is 13.0. The lowest BCUT2D eigenvalue weighted by Gasteiger charge is -2.29. The van der Waals surface area contributed by atoms with Crippen LogP contribution in [-0.2, 0) is 4.43 Å². The molecule has 6 nitrogen and oxygen atoms in total. The Morgan fingerprint density at radius 1 is 1.10 bits per heavy atom. The highest BCUT2D eigenvalue weighted by atomic mass is 127. The summed E-state index contributed by atoms with van der Waals surface area (Å²) in [5.74, 6) is 0.638. The van der Waals surface area contributed by atoms with Gasteiger partial charge >= 0.3 is 0 Å². The Morgan fingerprint density at radius 3 is 2.69 bits per heavy atom. The molecule has 0 amide bonds. The lowest BCUT2D eigenvalue weighted by Crippen LogP contribution is -2.43. The van der Waals surface area contributed by atoms with Crippen molar-refractivity contribution in [1.82, 2.24) is 20.3 Å². The number of benzene rings is 2. The number of nitrogens with zero attached hydrogens (tertiary/aromatic N) is 2. The number of halogens is 1. The molecule has 1 aliphatic heterocycles. The number of fused-ring (bicyclic) bond motifs is 2. The van der Waals surface area contributed by atoms with Gasteiger partial charge in [0.15, 0.2) is 0 Å². The molecule has 1 fully saturated rings. The van der Waals surface area contributed by atoms with E-state index in [1.165, 1.54) is 5.69 Å². The second kappa shape index (κ2) is 7.46. The molecule has 29 heavy (non-hydrogen) atoms. The van der Waals surface area contributed by atoms with Gasteiger partial charge in [-0.25, -0.2) is 4.98 Å². The van der Waals surface area contributed by atoms with Crippen molar-refractivity contribution < 1.29 is 0 Å². The van der Waals surface area contributed by atoms with Gasteiger partial charge in [-0.05, 0) is 36.2 Å². The summed E-state index contributed by atoms with van der Waals surface area (Å²) in [6.45, 7) is 6.07. The zero-order chi connectivity index (χ0) is 20.0. The minimum atomic E-state index is -0.102. The number of piperazine rings is 1. The number of hydrogen-bond donors (Lipinski definition) is 3. The fourth-order valence-electron chi connectivity index (χ4n) is 4.20. The van der Waals surface area contributed by atoms with Crippen LogP contribution in [0.15, 0.2) is 41.2 Å². The highest BCUT2D eigenvalue weighted by Gasteiger charge is 2.19. The van der Waals surface area contributed by atoms with E-state index in [0.717, 1.165) is 63.7 Å². The minimum absolute atomic E-state index is 0.102. The lowest BCUT2D eigenvalue weighted by atomic mass is 10.0. The average Bonchev–Trinajstić information content (AvgIpc) is 3.17. The molecule has 1 aliphatic rings. The predicted octanol–water partition coefficient (Wildman–Crippen LogP) is 3.72. The van der Waals surface area contributed by atoms with Crippen molar-refractivity contribution in [2.45, 2.75) is 11.4 Å². The average molecular weight is 499 g/mol. The third-order valence-corrected chi connectivity index (χ3v) is 6.41. The fraction of sp³-hybridized carbons (Fsp3) is 0.273. The topological polar surface area (TPSA) is 76.8 Å². The molecule has 5 rings (SSSR count). The van der Waals surface area contributed by atoms with Gasteiger partial charge in [0.2, 0.25) is 0 Å². The molecule has 0 unspecified atom stereocenters. The number of anilines is 1. The van der Waals surface area contributed by atoms with Crippen LogP contribution in [0.3, 0.4) is 0 Å². The van der Waals surface area contributed by atoms with Gasteiger partial charge in [-0.1, -0.05) is 40.8 Å². The molecule has 3 heterocycles. The number of nitrogens with one attached hydrogen (secondary N) is 3. The maximum Gasteiger partial charge on any atom is 0.259 e. The van der Waals surface area contributed by atoms with E-state index >= 15 is 0 Å². The van der Waals surface area contributed by atoms with Gasteiger partial charge in [0.05, 0.1) is 16.6 Å². The second-order valence-corrected chi connectivity index (χ2v) is 8.23. The normalized spacial score (nSPS) is 14.8. The number of hydrogen-bond acceptors (Lipinski definition) is 4. The smallest absolute Gasteiger partial charge is 0.259 e. The summed E-state index contributed by atoms with van der Waals surface area (Å²) in [4.78, 5) is 26.6. The molecule has 148 valence electrons. The van der Waals surface area contributed by atoms with E-state index in [9.17, 15) is 4.79 Å². The van der Waals surface area contributed by atoms with Crippen LogP contribution < -0.4 is 15.8 Å². The highest BCUT2D eigenvalue weighted by Crippen LogP contribution is 2.30. The van der Waals surface area contributed by atoms with Gasteiger partial charge < -0.3 is 20.2 Å². The van der Waals surface area contributed by atoms with E-state index < -0.39 is 0 Å². The van der Waals surface area contributed by atoms with Crippen LogP contribution in [0.4, 0.5) is 5.69 Å². The number of pyridine rings is 1. The Balaban J connectivity index is 1.69. The summed E-state index contributed by atoms with van der Waals surface area (Å²) >= 11 is 2.32. The van der Waals surface area contributed by atoms with E-state index in [4.69, 9.17) is 4.98 Å².